The molecule has 7 heteroatoms. The van der Waals surface area contributed by atoms with Crippen LogP contribution in [0, 0.1) is 12.8 Å². The molecule has 0 aliphatic rings. The Hall–Kier alpha value is -1.63. The van der Waals surface area contributed by atoms with Gasteiger partial charge in [0.05, 0.1) is 5.92 Å². The summed E-state index contributed by atoms with van der Waals surface area (Å²) < 4.78 is 1.44. The summed E-state index contributed by atoms with van der Waals surface area (Å²) in [4.78, 5) is 33.9. The molecule has 0 bridgehead atoms. The number of nitrogens with one attached hydrogen (secondary N) is 1. The van der Waals surface area contributed by atoms with Crippen molar-refractivity contribution in [3.05, 3.63) is 20.7 Å². The Balaban J connectivity index is 2.34. The maximum absolute atomic E-state index is 11.9. The van der Waals surface area contributed by atoms with Gasteiger partial charge in [0.15, 0.2) is 0 Å². The number of aromatic nitrogens is 1. The summed E-state index contributed by atoms with van der Waals surface area (Å²) in [5, 5.41) is 13.3. The first kappa shape index (κ1) is 17.4. The van der Waals surface area contributed by atoms with Gasteiger partial charge < -0.3 is 10.4 Å². The SMILES string of the molecule is Cc1csc(=O)n1CC(=O)NC(C)CCCC(C)C(=O)O. The van der Waals surface area contributed by atoms with Crippen molar-refractivity contribution in [3.8, 4) is 0 Å². The maximum Gasteiger partial charge on any atom is 0.307 e. The number of thiazole rings is 1. The van der Waals surface area contributed by atoms with Crippen LogP contribution in [0.2, 0.25) is 0 Å². The number of hydrogen-bond acceptors (Lipinski definition) is 4. The standard InChI is InChI=1S/C14H22N2O4S/c1-9(13(18)19)5-4-6-10(2)15-12(17)7-16-11(3)8-21-14(16)20/h8-10H,4-7H2,1-3H3,(H,15,17)(H,18,19). The Bertz CT molecular complexity index is 549. The molecule has 6 nitrogen and oxygen atoms in total. The fraction of sp³-hybridized carbons (Fsp3) is 0.643. The van der Waals surface area contributed by atoms with Crippen LogP contribution in [0.5, 0.6) is 0 Å². The van der Waals surface area contributed by atoms with Crippen LogP contribution in [-0.2, 0) is 16.1 Å². The number of hydrogen-bond donors (Lipinski definition) is 2. The Labute approximate surface area is 127 Å². The van der Waals surface area contributed by atoms with Crippen LogP contribution >= 0.6 is 11.3 Å². The van der Waals surface area contributed by atoms with Crippen molar-refractivity contribution in [2.75, 3.05) is 0 Å². The molecule has 0 saturated carbocycles. The normalized spacial score (nSPS) is 13.7. The van der Waals surface area contributed by atoms with Gasteiger partial charge in [-0.25, -0.2) is 0 Å². The number of carbonyl (C=O) groups is 2. The van der Waals surface area contributed by atoms with Gasteiger partial charge in [0, 0.05) is 17.1 Å². The molecule has 21 heavy (non-hydrogen) atoms. The van der Waals surface area contributed by atoms with Crippen molar-refractivity contribution in [3.63, 3.8) is 0 Å². The van der Waals surface area contributed by atoms with Gasteiger partial charge in [-0.3, -0.25) is 19.0 Å². The highest BCUT2D eigenvalue weighted by Crippen LogP contribution is 2.09. The topological polar surface area (TPSA) is 88.4 Å². The highest BCUT2D eigenvalue weighted by Gasteiger charge is 2.13. The lowest BCUT2D eigenvalue weighted by atomic mass is 10.0. The third kappa shape index (κ3) is 5.71. The Kier molecular flexibility index (Phi) is 6.61. The summed E-state index contributed by atoms with van der Waals surface area (Å²) in [5.41, 5.74) is 0.781. The zero-order valence-electron chi connectivity index (χ0n) is 12.6. The second-order valence-electron chi connectivity index (χ2n) is 5.37. The van der Waals surface area contributed by atoms with Crippen LogP contribution in [0.4, 0.5) is 0 Å². The molecule has 1 rings (SSSR count). The van der Waals surface area contributed by atoms with Crippen molar-refractivity contribution in [2.45, 2.75) is 52.6 Å². The lowest BCUT2D eigenvalue weighted by Crippen LogP contribution is -2.36. The van der Waals surface area contributed by atoms with Crippen molar-refractivity contribution in [1.29, 1.82) is 0 Å². The third-order valence-electron chi connectivity index (χ3n) is 3.38. The quantitative estimate of drug-likeness (QED) is 0.763. The molecular formula is C14H22N2O4S. The summed E-state index contributed by atoms with van der Waals surface area (Å²) in [6, 6.07) is -0.0341. The van der Waals surface area contributed by atoms with Gasteiger partial charge in [-0.15, -0.1) is 0 Å². The predicted molar refractivity (Wildman–Crippen MR) is 81.6 cm³/mol. The first-order valence-electron chi connectivity index (χ1n) is 6.98. The van der Waals surface area contributed by atoms with Gasteiger partial charge in [0.25, 0.3) is 0 Å². The Morgan fingerprint density at radius 2 is 2.05 bits per heavy atom. The molecule has 1 aromatic heterocycles. The molecule has 0 radical (unpaired) electrons. The first-order chi connectivity index (χ1) is 9.81. The van der Waals surface area contributed by atoms with Crippen LogP contribution in [-0.4, -0.2) is 27.6 Å². The number of nitrogens with zero attached hydrogens (tertiary/aromatic N) is 1. The van der Waals surface area contributed by atoms with Crippen molar-refractivity contribution in [1.82, 2.24) is 9.88 Å². The lowest BCUT2D eigenvalue weighted by Gasteiger charge is -2.15. The van der Waals surface area contributed by atoms with Gasteiger partial charge in [-0.05, 0) is 26.7 Å². The largest absolute Gasteiger partial charge is 0.481 e. The average Bonchev–Trinajstić information content (AvgIpc) is 2.70. The minimum atomic E-state index is -0.793. The second-order valence-corrected chi connectivity index (χ2v) is 6.19. The van der Waals surface area contributed by atoms with Crippen LogP contribution in [0.25, 0.3) is 0 Å². The average molecular weight is 314 g/mol. The minimum Gasteiger partial charge on any atom is -0.481 e. The van der Waals surface area contributed by atoms with E-state index in [9.17, 15) is 14.4 Å². The van der Waals surface area contributed by atoms with E-state index in [1.165, 1.54) is 4.57 Å². The van der Waals surface area contributed by atoms with E-state index in [0.29, 0.717) is 6.42 Å². The van der Waals surface area contributed by atoms with E-state index in [0.717, 1.165) is 29.9 Å². The molecule has 1 heterocycles. The summed E-state index contributed by atoms with van der Waals surface area (Å²) in [7, 11) is 0. The summed E-state index contributed by atoms with van der Waals surface area (Å²) >= 11 is 1.08. The smallest absolute Gasteiger partial charge is 0.307 e. The Morgan fingerprint density at radius 1 is 1.38 bits per heavy atom. The number of amides is 1. The van der Waals surface area contributed by atoms with Crippen molar-refractivity contribution in [2.24, 2.45) is 5.92 Å². The number of carboxylic acid groups (broad SMARTS) is 1. The summed E-state index contributed by atoms with van der Waals surface area (Å²) in [6.45, 7) is 5.38. The molecule has 0 aliphatic carbocycles. The van der Waals surface area contributed by atoms with E-state index in [4.69, 9.17) is 5.11 Å². The van der Waals surface area contributed by atoms with E-state index in [2.05, 4.69) is 5.32 Å². The minimum absolute atomic E-state index is 0.0318. The monoisotopic (exact) mass is 314 g/mol. The van der Waals surface area contributed by atoms with E-state index in [1.807, 2.05) is 6.92 Å². The van der Waals surface area contributed by atoms with E-state index >= 15 is 0 Å². The van der Waals surface area contributed by atoms with Gasteiger partial charge in [0.2, 0.25) is 5.91 Å². The number of carboxylic acids is 1. The molecule has 1 aromatic rings. The molecular weight excluding hydrogens is 292 g/mol. The number of rotatable bonds is 8. The van der Waals surface area contributed by atoms with Gasteiger partial charge in [-0.1, -0.05) is 24.7 Å². The van der Waals surface area contributed by atoms with E-state index in [-0.39, 0.29) is 29.3 Å². The van der Waals surface area contributed by atoms with Gasteiger partial charge in [0.1, 0.15) is 6.54 Å². The molecule has 2 atom stereocenters. The molecule has 2 N–H and O–H groups in total. The predicted octanol–water partition coefficient (Wildman–Crippen LogP) is 1.61. The van der Waals surface area contributed by atoms with Crippen molar-refractivity contribution >= 4 is 23.2 Å². The molecule has 0 spiro atoms. The van der Waals surface area contributed by atoms with Crippen LogP contribution < -0.4 is 10.2 Å². The summed E-state index contributed by atoms with van der Waals surface area (Å²) in [5.74, 6) is -1.35. The Morgan fingerprint density at radius 3 is 2.57 bits per heavy atom. The fourth-order valence-electron chi connectivity index (χ4n) is 1.99. The van der Waals surface area contributed by atoms with E-state index in [1.54, 1.807) is 19.2 Å². The molecule has 2 unspecified atom stereocenters. The zero-order chi connectivity index (χ0) is 16.0. The fourth-order valence-corrected chi connectivity index (χ4v) is 2.72. The number of aryl methyl sites for hydroxylation is 1. The van der Waals surface area contributed by atoms with Crippen LogP contribution in [0.3, 0.4) is 0 Å². The van der Waals surface area contributed by atoms with Gasteiger partial charge >= 0.3 is 10.8 Å². The molecule has 0 fully saturated rings. The molecule has 118 valence electrons. The maximum atomic E-state index is 11.9. The lowest BCUT2D eigenvalue weighted by molar-refractivity contribution is -0.141. The molecule has 0 aliphatic heterocycles. The van der Waals surface area contributed by atoms with Gasteiger partial charge in [-0.2, -0.15) is 0 Å². The number of carbonyl (C=O) groups excluding carboxylic acids is 1. The third-order valence-corrected chi connectivity index (χ3v) is 4.26. The highest BCUT2D eigenvalue weighted by molar-refractivity contribution is 7.07. The second kappa shape index (κ2) is 7.97. The molecule has 0 saturated heterocycles. The highest BCUT2D eigenvalue weighted by atomic mass is 32.1. The van der Waals surface area contributed by atoms with Crippen LogP contribution in [0.1, 0.15) is 38.8 Å². The first-order valence-corrected chi connectivity index (χ1v) is 7.86. The van der Waals surface area contributed by atoms with Crippen molar-refractivity contribution < 1.29 is 14.7 Å². The molecule has 0 aromatic carbocycles. The van der Waals surface area contributed by atoms with E-state index < -0.39 is 5.97 Å². The zero-order valence-corrected chi connectivity index (χ0v) is 13.4. The van der Waals surface area contributed by atoms with Crippen LogP contribution in [0.15, 0.2) is 10.2 Å². The summed E-state index contributed by atoms with van der Waals surface area (Å²) in [6.07, 6.45) is 2.06. The number of aliphatic carboxylic acids is 1. The molecule has 1 amide bonds.